The van der Waals surface area contributed by atoms with E-state index in [-0.39, 0.29) is 12.5 Å². The summed E-state index contributed by atoms with van der Waals surface area (Å²) in [6, 6.07) is 4.83. The molecule has 0 aliphatic rings. The number of aliphatic hydroxyl groups is 2. The van der Waals surface area contributed by atoms with E-state index in [1.807, 2.05) is 24.6 Å². The summed E-state index contributed by atoms with van der Waals surface area (Å²) in [5, 5.41) is 19.9. The first-order chi connectivity index (χ1) is 12.9. The second kappa shape index (κ2) is 10.0. The molecule has 2 aromatic rings. The Bertz CT molecular complexity index is 846. The Kier molecular flexibility index (Phi) is 8.04. The molecular formula is C19H25ClN2O4S. The number of aryl methyl sites for hydroxylation is 2. The van der Waals surface area contributed by atoms with Gasteiger partial charge in [0.15, 0.2) is 4.80 Å². The lowest BCUT2D eigenvalue weighted by Crippen LogP contribution is -2.26. The van der Waals surface area contributed by atoms with Gasteiger partial charge in [-0.05, 0) is 38.0 Å². The molecule has 6 nitrogen and oxygen atoms in total. The number of benzene rings is 1. The van der Waals surface area contributed by atoms with Crippen LogP contribution in [0.25, 0.3) is 0 Å². The Balaban J connectivity index is 2.29. The maximum atomic E-state index is 12.7. The lowest BCUT2D eigenvalue weighted by atomic mass is 9.98. The van der Waals surface area contributed by atoms with Gasteiger partial charge in [-0.2, -0.15) is 4.99 Å². The van der Waals surface area contributed by atoms with Gasteiger partial charge in [-0.1, -0.05) is 18.5 Å². The number of carbonyl (C=O) groups is 1. The molecular weight excluding hydrogens is 388 g/mol. The first-order valence-corrected chi connectivity index (χ1v) is 9.97. The highest BCUT2D eigenvalue weighted by atomic mass is 35.5. The van der Waals surface area contributed by atoms with Crippen LogP contribution in [0, 0.1) is 12.8 Å². The Hall–Kier alpha value is -1.67. The van der Waals surface area contributed by atoms with Gasteiger partial charge in [-0.15, -0.1) is 11.3 Å². The van der Waals surface area contributed by atoms with E-state index in [2.05, 4.69) is 4.99 Å². The number of hydrogen-bond donors (Lipinski definition) is 2. The number of rotatable bonds is 8. The van der Waals surface area contributed by atoms with Crippen molar-refractivity contribution in [3.8, 4) is 5.75 Å². The summed E-state index contributed by atoms with van der Waals surface area (Å²) in [4.78, 5) is 18.5. The van der Waals surface area contributed by atoms with Crippen LogP contribution >= 0.6 is 22.9 Å². The Morgan fingerprint density at radius 3 is 2.81 bits per heavy atom. The van der Waals surface area contributed by atoms with Gasteiger partial charge >= 0.3 is 0 Å². The molecule has 27 heavy (non-hydrogen) atoms. The van der Waals surface area contributed by atoms with Crippen LogP contribution in [0.5, 0.6) is 5.75 Å². The average Bonchev–Trinajstić information content (AvgIpc) is 3.00. The summed E-state index contributed by atoms with van der Waals surface area (Å²) in [5.41, 5.74) is 0.303. The number of aliphatic hydroxyl groups excluding tert-OH is 2. The van der Waals surface area contributed by atoms with E-state index < -0.39 is 12.0 Å². The van der Waals surface area contributed by atoms with Crippen molar-refractivity contribution in [3.05, 3.63) is 44.7 Å². The fourth-order valence-electron chi connectivity index (χ4n) is 2.79. The molecule has 0 spiro atoms. The predicted molar refractivity (Wildman–Crippen MR) is 106 cm³/mol. The zero-order valence-corrected chi connectivity index (χ0v) is 17.3. The predicted octanol–water partition coefficient (Wildman–Crippen LogP) is 3.03. The second-order valence-corrected chi connectivity index (χ2v) is 7.94. The molecule has 2 rings (SSSR count). The van der Waals surface area contributed by atoms with Gasteiger partial charge in [0.2, 0.25) is 0 Å². The van der Waals surface area contributed by atoms with Crippen LogP contribution in [0.1, 0.15) is 35.0 Å². The van der Waals surface area contributed by atoms with Gasteiger partial charge < -0.3 is 19.5 Å². The lowest BCUT2D eigenvalue weighted by molar-refractivity contribution is 0.0572. The average molecular weight is 413 g/mol. The van der Waals surface area contributed by atoms with Crippen LogP contribution < -0.4 is 9.54 Å². The zero-order valence-electron chi connectivity index (χ0n) is 15.7. The Labute approximate surface area is 167 Å². The third-order valence-electron chi connectivity index (χ3n) is 4.36. The molecule has 148 valence electrons. The van der Waals surface area contributed by atoms with Crippen LogP contribution in [-0.4, -0.2) is 40.5 Å². The van der Waals surface area contributed by atoms with Gasteiger partial charge in [-0.25, -0.2) is 0 Å². The Morgan fingerprint density at radius 1 is 1.44 bits per heavy atom. The zero-order chi connectivity index (χ0) is 20.0. The van der Waals surface area contributed by atoms with Crippen molar-refractivity contribution in [1.29, 1.82) is 0 Å². The van der Waals surface area contributed by atoms with E-state index in [0.717, 1.165) is 4.88 Å². The first kappa shape index (κ1) is 21.6. The minimum absolute atomic E-state index is 0.0796. The number of nitrogens with zero attached hydrogens (tertiary/aromatic N) is 2. The van der Waals surface area contributed by atoms with Crippen molar-refractivity contribution in [1.82, 2.24) is 4.57 Å². The molecule has 0 bridgehead atoms. The maximum absolute atomic E-state index is 12.7. The lowest BCUT2D eigenvalue weighted by Gasteiger charge is -2.19. The van der Waals surface area contributed by atoms with E-state index in [1.165, 1.54) is 24.5 Å². The fourth-order valence-corrected chi connectivity index (χ4v) is 3.82. The molecule has 0 aliphatic carbocycles. The third-order valence-corrected chi connectivity index (χ3v) is 5.53. The largest absolute Gasteiger partial charge is 0.496 e. The molecule has 2 atom stereocenters. The molecule has 2 unspecified atom stereocenters. The summed E-state index contributed by atoms with van der Waals surface area (Å²) in [6.45, 7) is 4.29. The van der Waals surface area contributed by atoms with Crippen molar-refractivity contribution in [2.24, 2.45) is 10.9 Å². The molecule has 0 radical (unpaired) electrons. The molecule has 8 heteroatoms. The number of methoxy groups -OCH3 is 1. The van der Waals surface area contributed by atoms with E-state index in [0.29, 0.717) is 40.5 Å². The number of halogens is 1. The molecule has 0 aliphatic heterocycles. The molecule has 2 N–H and O–H groups in total. The fraction of sp³-hybridized carbons (Fsp3) is 0.474. The number of thiazole rings is 1. The highest BCUT2D eigenvalue weighted by molar-refractivity contribution is 7.09. The van der Waals surface area contributed by atoms with Crippen LogP contribution in [0.4, 0.5) is 0 Å². The second-order valence-electron chi connectivity index (χ2n) is 6.29. The van der Waals surface area contributed by atoms with Crippen molar-refractivity contribution < 1.29 is 19.7 Å². The van der Waals surface area contributed by atoms with Crippen LogP contribution in [0.2, 0.25) is 5.02 Å². The van der Waals surface area contributed by atoms with Crippen molar-refractivity contribution in [2.45, 2.75) is 39.3 Å². The van der Waals surface area contributed by atoms with Crippen molar-refractivity contribution >= 4 is 28.8 Å². The van der Waals surface area contributed by atoms with Crippen LogP contribution in [0.3, 0.4) is 0 Å². The summed E-state index contributed by atoms with van der Waals surface area (Å²) in [6.07, 6.45) is 2.54. The monoisotopic (exact) mass is 412 g/mol. The van der Waals surface area contributed by atoms with E-state index in [9.17, 15) is 15.0 Å². The molecule has 0 fully saturated rings. The molecule has 0 saturated carbocycles. The highest BCUT2D eigenvalue weighted by Gasteiger charge is 2.17. The summed E-state index contributed by atoms with van der Waals surface area (Å²) in [5.74, 6) is -0.226. The standard InChI is InChI=1S/C19H25ClN2O4S/c1-4-16(24)13(11-23)7-8-22-10-12(2)27-19(22)21-18(25)15-9-14(20)5-6-17(15)26-3/h5-6,9-10,13,16,23-24H,4,7-8,11H2,1-3H3. The summed E-state index contributed by atoms with van der Waals surface area (Å²) < 4.78 is 7.10. The van der Waals surface area contributed by atoms with E-state index >= 15 is 0 Å². The van der Waals surface area contributed by atoms with Crippen LogP contribution in [-0.2, 0) is 6.54 Å². The minimum atomic E-state index is -0.548. The normalized spacial score (nSPS) is 14.2. The van der Waals surface area contributed by atoms with Gasteiger partial charge in [0.25, 0.3) is 5.91 Å². The van der Waals surface area contributed by atoms with E-state index in [1.54, 1.807) is 12.1 Å². The number of ether oxygens (including phenoxy) is 1. The quantitative estimate of drug-likeness (QED) is 0.698. The number of amides is 1. The number of hydrogen-bond acceptors (Lipinski definition) is 5. The molecule has 1 aromatic carbocycles. The number of aromatic nitrogens is 1. The van der Waals surface area contributed by atoms with Gasteiger partial charge in [0, 0.05) is 35.2 Å². The smallest absolute Gasteiger partial charge is 0.283 e. The topological polar surface area (TPSA) is 84.0 Å². The van der Waals surface area contributed by atoms with Crippen LogP contribution in [0.15, 0.2) is 29.4 Å². The van der Waals surface area contributed by atoms with Gasteiger partial charge in [0.05, 0.1) is 18.8 Å². The van der Waals surface area contributed by atoms with Gasteiger partial charge in [-0.3, -0.25) is 4.79 Å². The molecule has 1 heterocycles. The van der Waals surface area contributed by atoms with Crippen molar-refractivity contribution in [3.63, 3.8) is 0 Å². The number of carbonyl (C=O) groups excluding carboxylic acids is 1. The van der Waals surface area contributed by atoms with Crippen molar-refractivity contribution in [2.75, 3.05) is 13.7 Å². The highest BCUT2D eigenvalue weighted by Crippen LogP contribution is 2.23. The SMILES string of the molecule is CCC(O)C(CO)CCn1cc(C)sc1=NC(=O)c1cc(Cl)ccc1OC. The van der Waals surface area contributed by atoms with E-state index in [4.69, 9.17) is 16.3 Å². The summed E-state index contributed by atoms with van der Waals surface area (Å²) in [7, 11) is 1.49. The maximum Gasteiger partial charge on any atom is 0.283 e. The third kappa shape index (κ3) is 5.65. The van der Waals surface area contributed by atoms with Gasteiger partial charge in [0.1, 0.15) is 5.75 Å². The summed E-state index contributed by atoms with van der Waals surface area (Å²) >= 11 is 7.41. The first-order valence-electron chi connectivity index (χ1n) is 8.78. The minimum Gasteiger partial charge on any atom is -0.496 e. The molecule has 1 aromatic heterocycles. The molecule has 1 amide bonds. The molecule has 0 saturated heterocycles. The Morgan fingerprint density at radius 2 is 2.19 bits per heavy atom.